The average molecular weight is 216 g/mol. The molecule has 3 nitrogen and oxygen atoms in total. The van der Waals surface area contributed by atoms with Crippen molar-refractivity contribution in [1.29, 1.82) is 0 Å². The van der Waals surface area contributed by atoms with Gasteiger partial charge >= 0.3 is 0 Å². The van der Waals surface area contributed by atoms with E-state index in [2.05, 4.69) is 5.32 Å². The van der Waals surface area contributed by atoms with Crippen LogP contribution in [-0.4, -0.2) is 30.0 Å². The maximum absolute atomic E-state index is 11.7. The van der Waals surface area contributed by atoms with Gasteiger partial charge in [0, 0.05) is 23.8 Å². The molecule has 1 aliphatic carbocycles. The Balaban J connectivity index is 2.27. The number of carbonyl (C=O) groups is 1. The Hall–Kier alpha value is -0.220. The number of hydrogen-bond donors (Lipinski definition) is 2. The zero-order valence-electron chi connectivity index (χ0n) is 8.95. The third-order valence-corrected chi connectivity index (χ3v) is 3.48. The Morgan fingerprint density at radius 1 is 1.64 bits per heavy atom. The Morgan fingerprint density at radius 2 is 2.36 bits per heavy atom. The van der Waals surface area contributed by atoms with E-state index in [1.807, 2.05) is 13.2 Å². The monoisotopic (exact) mass is 216 g/mol. The number of hydrogen-bond acceptors (Lipinski definition) is 3. The predicted molar refractivity (Wildman–Crippen MR) is 61.3 cm³/mol. The van der Waals surface area contributed by atoms with Crippen LogP contribution in [0.5, 0.6) is 0 Å². The summed E-state index contributed by atoms with van der Waals surface area (Å²) in [6.45, 7) is 2.04. The van der Waals surface area contributed by atoms with E-state index in [4.69, 9.17) is 5.73 Å². The van der Waals surface area contributed by atoms with Gasteiger partial charge in [0.1, 0.15) is 0 Å². The van der Waals surface area contributed by atoms with Crippen LogP contribution in [0, 0.1) is 5.92 Å². The van der Waals surface area contributed by atoms with Gasteiger partial charge in [0.2, 0.25) is 5.91 Å². The van der Waals surface area contributed by atoms with Crippen molar-refractivity contribution in [1.82, 2.24) is 5.32 Å². The zero-order valence-corrected chi connectivity index (χ0v) is 9.77. The van der Waals surface area contributed by atoms with E-state index < -0.39 is 0 Å². The summed E-state index contributed by atoms with van der Waals surface area (Å²) in [5.41, 5.74) is 5.77. The van der Waals surface area contributed by atoms with Gasteiger partial charge in [0.15, 0.2) is 0 Å². The number of rotatable bonds is 4. The third-order valence-electron chi connectivity index (χ3n) is 2.65. The average Bonchev–Trinajstić information content (AvgIpc) is 2.52. The lowest BCUT2D eigenvalue weighted by Gasteiger charge is -2.15. The van der Waals surface area contributed by atoms with Gasteiger partial charge in [-0.2, -0.15) is 11.8 Å². The topological polar surface area (TPSA) is 55.1 Å². The van der Waals surface area contributed by atoms with E-state index in [0.717, 1.165) is 25.0 Å². The first-order chi connectivity index (χ1) is 6.63. The van der Waals surface area contributed by atoms with Crippen molar-refractivity contribution in [2.45, 2.75) is 38.3 Å². The Labute approximate surface area is 90.2 Å². The molecule has 0 radical (unpaired) electrons. The fourth-order valence-electron chi connectivity index (χ4n) is 1.91. The fraction of sp³-hybridized carbons (Fsp3) is 0.900. The van der Waals surface area contributed by atoms with Crippen LogP contribution in [0.1, 0.15) is 26.2 Å². The van der Waals surface area contributed by atoms with Gasteiger partial charge in [0.25, 0.3) is 0 Å². The first kappa shape index (κ1) is 11.9. The molecule has 0 aromatic heterocycles. The quantitative estimate of drug-likeness (QED) is 0.736. The molecular weight excluding hydrogens is 196 g/mol. The normalized spacial score (nSPS) is 28.8. The van der Waals surface area contributed by atoms with Crippen molar-refractivity contribution in [2.75, 3.05) is 12.0 Å². The molecule has 0 spiro atoms. The maximum atomic E-state index is 11.7. The van der Waals surface area contributed by atoms with E-state index in [1.54, 1.807) is 11.8 Å². The van der Waals surface area contributed by atoms with Crippen LogP contribution in [0.3, 0.4) is 0 Å². The Bertz CT molecular complexity index is 199. The molecule has 0 saturated heterocycles. The lowest BCUT2D eigenvalue weighted by Crippen LogP contribution is -2.38. The van der Waals surface area contributed by atoms with Crippen LogP contribution < -0.4 is 11.1 Å². The summed E-state index contributed by atoms with van der Waals surface area (Å²) in [5, 5.41) is 3.03. The molecule has 3 N–H and O–H groups in total. The van der Waals surface area contributed by atoms with Gasteiger partial charge in [-0.3, -0.25) is 4.79 Å². The highest BCUT2D eigenvalue weighted by Crippen LogP contribution is 2.24. The van der Waals surface area contributed by atoms with Crippen molar-refractivity contribution in [3.05, 3.63) is 0 Å². The minimum atomic E-state index is 0.161. The first-order valence-corrected chi connectivity index (χ1v) is 6.57. The van der Waals surface area contributed by atoms with Crippen molar-refractivity contribution in [3.63, 3.8) is 0 Å². The predicted octanol–water partition coefficient (Wildman–Crippen LogP) is 0.982. The summed E-state index contributed by atoms with van der Waals surface area (Å²) in [7, 11) is 0. The summed E-state index contributed by atoms with van der Waals surface area (Å²) < 4.78 is 0. The summed E-state index contributed by atoms with van der Waals surface area (Å²) >= 11 is 1.76. The lowest BCUT2D eigenvalue weighted by molar-refractivity contribution is -0.125. The summed E-state index contributed by atoms with van der Waals surface area (Å²) in [4.78, 5) is 11.7. The van der Waals surface area contributed by atoms with E-state index in [9.17, 15) is 4.79 Å². The van der Waals surface area contributed by atoms with Crippen molar-refractivity contribution in [3.8, 4) is 0 Å². The highest BCUT2D eigenvalue weighted by Gasteiger charge is 2.28. The second kappa shape index (κ2) is 5.61. The summed E-state index contributed by atoms with van der Waals surface area (Å²) in [6.07, 6.45) is 4.86. The standard InChI is InChI=1S/C10H20N2OS/c1-7(6-14-2)12-10(13)8-3-4-9(11)5-8/h7-9H,3-6,11H2,1-2H3,(H,12,13). The minimum Gasteiger partial charge on any atom is -0.353 e. The van der Waals surface area contributed by atoms with Gasteiger partial charge in [-0.15, -0.1) is 0 Å². The van der Waals surface area contributed by atoms with Crippen LogP contribution >= 0.6 is 11.8 Å². The Kier molecular flexibility index (Phi) is 4.75. The maximum Gasteiger partial charge on any atom is 0.223 e. The molecule has 0 bridgehead atoms. The van der Waals surface area contributed by atoms with Crippen LogP contribution in [0.25, 0.3) is 0 Å². The molecule has 1 aliphatic rings. The number of nitrogens with one attached hydrogen (secondary N) is 1. The molecule has 1 amide bonds. The fourth-order valence-corrected chi connectivity index (χ4v) is 2.49. The van der Waals surface area contributed by atoms with Gasteiger partial charge in [-0.05, 0) is 32.4 Å². The minimum absolute atomic E-state index is 0.161. The first-order valence-electron chi connectivity index (χ1n) is 5.18. The molecule has 0 aliphatic heterocycles. The second-order valence-electron chi connectivity index (χ2n) is 4.14. The Morgan fingerprint density at radius 3 is 2.86 bits per heavy atom. The largest absolute Gasteiger partial charge is 0.353 e. The van der Waals surface area contributed by atoms with Crippen LogP contribution in [0.15, 0.2) is 0 Å². The van der Waals surface area contributed by atoms with Crippen molar-refractivity contribution >= 4 is 17.7 Å². The number of thioether (sulfide) groups is 1. The van der Waals surface area contributed by atoms with E-state index in [-0.39, 0.29) is 23.9 Å². The molecule has 3 unspecified atom stereocenters. The van der Waals surface area contributed by atoms with Crippen molar-refractivity contribution in [2.24, 2.45) is 11.7 Å². The molecule has 0 heterocycles. The zero-order chi connectivity index (χ0) is 10.6. The molecule has 4 heteroatoms. The molecule has 3 atom stereocenters. The second-order valence-corrected chi connectivity index (χ2v) is 5.05. The van der Waals surface area contributed by atoms with Crippen LogP contribution in [0.2, 0.25) is 0 Å². The summed E-state index contributed by atoms with van der Waals surface area (Å²) in [6, 6.07) is 0.510. The number of nitrogens with two attached hydrogens (primary N) is 1. The van der Waals surface area contributed by atoms with E-state index >= 15 is 0 Å². The highest BCUT2D eigenvalue weighted by atomic mass is 32.2. The van der Waals surface area contributed by atoms with Gasteiger partial charge < -0.3 is 11.1 Å². The van der Waals surface area contributed by atoms with E-state index in [0.29, 0.717) is 0 Å². The van der Waals surface area contributed by atoms with Gasteiger partial charge in [-0.1, -0.05) is 0 Å². The van der Waals surface area contributed by atoms with Gasteiger partial charge in [-0.25, -0.2) is 0 Å². The SMILES string of the molecule is CSCC(C)NC(=O)C1CCC(N)C1. The molecule has 82 valence electrons. The number of amides is 1. The molecule has 0 aromatic carbocycles. The van der Waals surface area contributed by atoms with Crippen LogP contribution in [-0.2, 0) is 4.79 Å². The summed E-state index contributed by atoms with van der Waals surface area (Å²) in [5.74, 6) is 1.33. The van der Waals surface area contributed by atoms with E-state index in [1.165, 1.54) is 0 Å². The van der Waals surface area contributed by atoms with Gasteiger partial charge in [0.05, 0.1) is 0 Å². The molecule has 0 aromatic rings. The molecular formula is C10H20N2OS. The molecule has 14 heavy (non-hydrogen) atoms. The smallest absolute Gasteiger partial charge is 0.223 e. The van der Waals surface area contributed by atoms with Crippen molar-refractivity contribution < 1.29 is 4.79 Å². The number of carbonyl (C=O) groups excluding carboxylic acids is 1. The molecule has 1 saturated carbocycles. The third kappa shape index (κ3) is 3.50. The lowest BCUT2D eigenvalue weighted by atomic mass is 10.1. The van der Waals surface area contributed by atoms with Crippen LogP contribution in [0.4, 0.5) is 0 Å². The molecule has 1 fully saturated rings. The highest BCUT2D eigenvalue weighted by molar-refractivity contribution is 7.98. The molecule has 1 rings (SSSR count).